The Morgan fingerprint density at radius 3 is 3.00 bits per heavy atom. The Morgan fingerprint density at radius 1 is 1.56 bits per heavy atom. The number of likely N-dealkylation sites (tertiary alicyclic amines) is 1. The van der Waals surface area contributed by atoms with E-state index >= 15 is 0 Å². The summed E-state index contributed by atoms with van der Waals surface area (Å²) >= 11 is 5.67. The molecule has 3 nitrogen and oxygen atoms in total. The van der Waals surface area contributed by atoms with Gasteiger partial charge in [0, 0.05) is 20.2 Å². The van der Waals surface area contributed by atoms with Crippen LogP contribution >= 0.6 is 11.6 Å². The van der Waals surface area contributed by atoms with Crippen LogP contribution in [0.4, 0.5) is 4.39 Å². The monoisotopic (exact) mass is 273 g/mol. The van der Waals surface area contributed by atoms with Crippen molar-refractivity contribution in [2.75, 3.05) is 26.8 Å². The minimum Gasteiger partial charge on any atom is -0.391 e. The molecule has 2 rings (SSSR count). The first-order valence-electron chi connectivity index (χ1n) is 5.99. The van der Waals surface area contributed by atoms with Crippen LogP contribution in [0.15, 0.2) is 18.2 Å². The number of methoxy groups -OCH3 is 1. The summed E-state index contributed by atoms with van der Waals surface area (Å²) in [6, 6.07) is 4.53. The molecule has 1 heterocycles. The van der Waals surface area contributed by atoms with Gasteiger partial charge in [0.15, 0.2) is 0 Å². The van der Waals surface area contributed by atoms with Crippen molar-refractivity contribution in [2.24, 2.45) is 0 Å². The SMILES string of the molecule is COCCN1CCC(O)C1c1ccc(Cl)c(F)c1. The molecule has 1 fully saturated rings. The van der Waals surface area contributed by atoms with Gasteiger partial charge in [-0.05, 0) is 24.1 Å². The molecule has 1 aliphatic heterocycles. The third-order valence-corrected chi connectivity index (χ3v) is 3.64. The van der Waals surface area contributed by atoms with Gasteiger partial charge in [0.1, 0.15) is 5.82 Å². The molecular formula is C13H17ClFNO2. The number of rotatable bonds is 4. The zero-order chi connectivity index (χ0) is 13.1. The largest absolute Gasteiger partial charge is 0.391 e. The van der Waals surface area contributed by atoms with E-state index in [2.05, 4.69) is 4.90 Å². The number of aliphatic hydroxyl groups excluding tert-OH is 1. The first kappa shape index (κ1) is 13.7. The van der Waals surface area contributed by atoms with Crippen LogP contribution in [-0.2, 0) is 4.74 Å². The van der Waals surface area contributed by atoms with Gasteiger partial charge in [-0.1, -0.05) is 17.7 Å². The Bertz CT molecular complexity index is 416. The van der Waals surface area contributed by atoms with Gasteiger partial charge in [0.2, 0.25) is 0 Å². The van der Waals surface area contributed by atoms with Gasteiger partial charge >= 0.3 is 0 Å². The van der Waals surface area contributed by atoms with Gasteiger partial charge in [0.05, 0.1) is 23.8 Å². The number of aliphatic hydroxyl groups is 1. The van der Waals surface area contributed by atoms with Crippen molar-refractivity contribution in [1.82, 2.24) is 4.90 Å². The molecule has 5 heteroatoms. The first-order chi connectivity index (χ1) is 8.63. The van der Waals surface area contributed by atoms with Crippen molar-refractivity contribution in [3.63, 3.8) is 0 Å². The summed E-state index contributed by atoms with van der Waals surface area (Å²) in [7, 11) is 1.64. The number of hydrogen-bond donors (Lipinski definition) is 1. The number of nitrogens with zero attached hydrogens (tertiary/aromatic N) is 1. The average molecular weight is 274 g/mol. The molecule has 0 radical (unpaired) electrons. The average Bonchev–Trinajstić information content (AvgIpc) is 2.71. The predicted molar refractivity (Wildman–Crippen MR) is 68.2 cm³/mol. The molecule has 18 heavy (non-hydrogen) atoms. The van der Waals surface area contributed by atoms with E-state index in [0.29, 0.717) is 13.0 Å². The predicted octanol–water partition coefficient (Wildman–Crippen LogP) is 2.23. The van der Waals surface area contributed by atoms with E-state index in [0.717, 1.165) is 18.7 Å². The highest BCUT2D eigenvalue weighted by Gasteiger charge is 2.33. The Hall–Kier alpha value is -0.680. The molecule has 1 N–H and O–H groups in total. The van der Waals surface area contributed by atoms with E-state index in [4.69, 9.17) is 16.3 Å². The quantitative estimate of drug-likeness (QED) is 0.913. The Balaban J connectivity index is 2.19. The summed E-state index contributed by atoms with van der Waals surface area (Å²) in [6.07, 6.45) is 0.223. The van der Waals surface area contributed by atoms with E-state index < -0.39 is 11.9 Å². The van der Waals surface area contributed by atoms with Crippen LogP contribution < -0.4 is 0 Å². The molecular weight excluding hydrogens is 257 g/mol. The van der Waals surface area contributed by atoms with Crippen molar-refractivity contribution in [2.45, 2.75) is 18.6 Å². The molecule has 0 aliphatic carbocycles. The minimum atomic E-state index is -0.470. The summed E-state index contributed by atoms with van der Waals surface area (Å²) in [5.74, 6) is -0.444. The standard InChI is InChI=1S/C13H17ClFNO2/c1-18-7-6-16-5-4-12(17)13(16)9-2-3-10(14)11(15)8-9/h2-3,8,12-13,17H,4-7H2,1H3. The lowest BCUT2D eigenvalue weighted by Crippen LogP contribution is -2.30. The molecule has 1 aromatic carbocycles. The first-order valence-corrected chi connectivity index (χ1v) is 6.37. The summed E-state index contributed by atoms with van der Waals surface area (Å²) in [5.41, 5.74) is 0.762. The maximum Gasteiger partial charge on any atom is 0.142 e. The molecule has 1 aromatic rings. The van der Waals surface area contributed by atoms with Crippen LogP contribution in [0.1, 0.15) is 18.0 Å². The molecule has 0 aromatic heterocycles. The smallest absolute Gasteiger partial charge is 0.142 e. The summed E-state index contributed by atoms with van der Waals surface area (Å²) in [5, 5.41) is 10.1. The van der Waals surface area contributed by atoms with Crippen molar-refractivity contribution in [1.29, 1.82) is 0 Å². The fourth-order valence-corrected chi connectivity index (χ4v) is 2.54. The number of benzene rings is 1. The Labute approximate surface area is 111 Å². The normalized spacial score (nSPS) is 24.7. The van der Waals surface area contributed by atoms with Gasteiger partial charge < -0.3 is 9.84 Å². The van der Waals surface area contributed by atoms with Crippen molar-refractivity contribution in [3.05, 3.63) is 34.6 Å². The number of halogens is 2. The molecule has 0 spiro atoms. The summed E-state index contributed by atoms with van der Waals surface area (Å²) in [4.78, 5) is 2.11. The van der Waals surface area contributed by atoms with Crippen LogP contribution in [0.5, 0.6) is 0 Å². The van der Waals surface area contributed by atoms with Gasteiger partial charge in [-0.2, -0.15) is 0 Å². The van der Waals surface area contributed by atoms with Gasteiger partial charge in [-0.25, -0.2) is 4.39 Å². The lowest BCUT2D eigenvalue weighted by molar-refractivity contribution is 0.0933. The second-order valence-corrected chi connectivity index (χ2v) is 4.91. The third kappa shape index (κ3) is 2.83. The fraction of sp³-hybridized carbons (Fsp3) is 0.538. The van der Waals surface area contributed by atoms with Crippen molar-refractivity contribution >= 4 is 11.6 Å². The zero-order valence-electron chi connectivity index (χ0n) is 10.3. The molecule has 1 saturated heterocycles. The topological polar surface area (TPSA) is 32.7 Å². The molecule has 0 amide bonds. The van der Waals surface area contributed by atoms with Crippen LogP contribution in [-0.4, -0.2) is 42.9 Å². The number of hydrogen-bond acceptors (Lipinski definition) is 3. The Morgan fingerprint density at radius 2 is 2.33 bits per heavy atom. The lowest BCUT2D eigenvalue weighted by Gasteiger charge is -2.26. The van der Waals surface area contributed by atoms with Crippen LogP contribution in [0.2, 0.25) is 5.02 Å². The second-order valence-electron chi connectivity index (χ2n) is 4.50. The highest BCUT2D eigenvalue weighted by molar-refractivity contribution is 6.30. The fourth-order valence-electron chi connectivity index (χ4n) is 2.43. The van der Waals surface area contributed by atoms with Crippen LogP contribution in [0.3, 0.4) is 0 Å². The zero-order valence-corrected chi connectivity index (χ0v) is 11.0. The second kappa shape index (κ2) is 5.97. The van der Waals surface area contributed by atoms with Gasteiger partial charge in [-0.15, -0.1) is 0 Å². The molecule has 100 valence electrons. The highest BCUT2D eigenvalue weighted by Crippen LogP contribution is 2.33. The van der Waals surface area contributed by atoms with Crippen LogP contribution in [0, 0.1) is 5.82 Å². The van der Waals surface area contributed by atoms with E-state index in [1.165, 1.54) is 12.1 Å². The Kier molecular flexibility index (Phi) is 4.56. The molecule has 0 saturated carbocycles. The van der Waals surface area contributed by atoms with Crippen molar-refractivity contribution in [3.8, 4) is 0 Å². The lowest BCUT2D eigenvalue weighted by atomic mass is 10.0. The minimum absolute atomic E-state index is 0.106. The maximum absolute atomic E-state index is 13.5. The van der Waals surface area contributed by atoms with E-state index in [1.807, 2.05) is 0 Å². The van der Waals surface area contributed by atoms with Gasteiger partial charge in [-0.3, -0.25) is 4.90 Å². The van der Waals surface area contributed by atoms with E-state index in [1.54, 1.807) is 13.2 Å². The van der Waals surface area contributed by atoms with Crippen LogP contribution in [0.25, 0.3) is 0 Å². The molecule has 2 atom stereocenters. The van der Waals surface area contributed by atoms with Crippen molar-refractivity contribution < 1.29 is 14.2 Å². The maximum atomic E-state index is 13.5. The summed E-state index contributed by atoms with van der Waals surface area (Å²) < 4.78 is 18.5. The summed E-state index contributed by atoms with van der Waals surface area (Å²) in [6.45, 7) is 2.11. The third-order valence-electron chi connectivity index (χ3n) is 3.34. The number of ether oxygens (including phenoxy) is 1. The van der Waals surface area contributed by atoms with Gasteiger partial charge in [0.25, 0.3) is 0 Å². The van der Waals surface area contributed by atoms with E-state index in [-0.39, 0.29) is 11.1 Å². The highest BCUT2D eigenvalue weighted by atomic mass is 35.5. The van der Waals surface area contributed by atoms with E-state index in [9.17, 15) is 9.50 Å². The molecule has 2 unspecified atom stereocenters. The molecule has 0 bridgehead atoms. The molecule has 1 aliphatic rings.